The van der Waals surface area contributed by atoms with Crippen molar-refractivity contribution in [3.8, 4) is 33.6 Å². The molecule has 6 heterocycles. The van der Waals surface area contributed by atoms with E-state index in [1.807, 2.05) is 0 Å². The molecule has 0 aliphatic carbocycles. The molecule has 6 nitrogen and oxygen atoms in total. The number of fused-ring (bicyclic) bond motifs is 9. The lowest BCUT2D eigenvalue weighted by molar-refractivity contribution is 0.188. The van der Waals surface area contributed by atoms with Crippen molar-refractivity contribution < 1.29 is 0 Å². The first-order chi connectivity index (χ1) is 33.4. The average Bonchev–Trinajstić information content (AvgIpc) is 3.88. The van der Waals surface area contributed by atoms with Gasteiger partial charge in [0.25, 0.3) is 0 Å². The molecule has 7 aromatic carbocycles. The molecular weight excluding hydrogens is 829 g/mol. The van der Waals surface area contributed by atoms with E-state index in [4.69, 9.17) is 4.99 Å². The van der Waals surface area contributed by atoms with E-state index in [9.17, 15) is 0 Å². The smallest absolute Gasteiger partial charge is 0.0656 e. The highest BCUT2D eigenvalue weighted by Gasteiger charge is 2.33. The summed E-state index contributed by atoms with van der Waals surface area (Å²) in [6.45, 7) is 13.6. The van der Waals surface area contributed by atoms with Gasteiger partial charge in [-0.1, -0.05) is 84.9 Å². The number of benzene rings is 7. The summed E-state index contributed by atoms with van der Waals surface area (Å²) in [5.74, 6) is 1.55. The Morgan fingerprint density at radius 2 is 0.985 bits per heavy atom. The van der Waals surface area contributed by atoms with E-state index in [0.717, 1.165) is 44.4 Å². The summed E-state index contributed by atoms with van der Waals surface area (Å²) >= 11 is 0. The van der Waals surface area contributed by atoms with E-state index >= 15 is 0 Å². The van der Waals surface area contributed by atoms with Gasteiger partial charge in [0, 0.05) is 52.4 Å². The zero-order valence-corrected chi connectivity index (χ0v) is 40.0. The van der Waals surface area contributed by atoms with Crippen molar-refractivity contribution in [1.29, 1.82) is 0 Å². The van der Waals surface area contributed by atoms with Gasteiger partial charge >= 0.3 is 0 Å². The minimum Gasteiger partial charge on any atom is -0.315 e. The number of aromatic nitrogens is 2. The molecule has 3 N–H and O–H groups in total. The van der Waals surface area contributed by atoms with Gasteiger partial charge in [-0.05, 0) is 195 Å². The Kier molecular flexibility index (Phi) is 10.3. The molecule has 0 spiro atoms. The Balaban J connectivity index is 0.871. The number of piperidine rings is 3. The number of hydrogen-bond acceptors (Lipinski definition) is 4. The van der Waals surface area contributed by atoms with Gasteiger partial charge in [0.1, 0.15) is 0 Å². The third kappa shape index (κ3) is 6.89. The van der Waals surface area contributed by atoms with E-state index in [1.165, 1.54) is 148 Å². The summed E-state index contributed by atoms with van der Waals surface area (Å²) < 4.78 is 5.07. The normalized spacial score (nSPS) is 21.9. The molecule has 3 fully saturated rings. The highest BCUT2D eigenvalue weighted by atomic mass is 15.0. The molecule has 5 unspecified atom stereocenters. The second-order valence-corrected chi connectivity index (χ2v) is 20.8. The monoisotopic (exact) mass is 891 g/mol. The Hall–Kier alpha value is -6.31. The van der Waals surface area contributed by atoms with E-state index in [2.05, 4.69) is 186 Å². The SMILES string of the molecule is Cc1cc(-c2ccc(C3=NC4CNCCC4CC3)cc2)cc(C)c1-n1c2ccccc2c2c3c4ccccc4n(-c4c(C)cc(-c5ccc(C6CCC7CCNCC7N6)cc5)cc4C)c3ccc21. The Bertz CT molecular complexity index is 3410. The molecule has 4 aliphatic heterocycles. The first-order valence-corrected chi connectivity index (χ1v) is 25.5. The fraction of sp³-hybridized carbons (Fsp3) is 0.306. The van der Waals surface area contributed by atoms with Gasteiger partial charge in [-0.3, -0.25) is 4.99 Å². The maximum absolute atomic E-state index is 5.24. The molecule has 4 aliphatic rings. The van der Waals surface area contributed by atoms with Gasteiger partial charge in [0.2, 0.25) is 0 Å². The van der Waals surface area contributed by atoms with Gasteiger partial charge in [0.15, 0.2) is 0 Å². The van der Waals surface area contributed by atoms with Crippen LogP contribution in [-0.4, -0.2) is 53.1 Å². The van der Waals surface area contributed by atoms with Crippen LogP contribution in [0.5, 0.6) is 0 Å². The maximum atomic E-state index is 5.24. The predicted molar refractivity (Wildman–Crippen MR) is 285 cm³/mol. The number of nitrogens with zero attached hydrogens (tertiary/aromatic N) is 3. The van der Waals surface area contributed by atoms with Crippen LogP contribution in [0.4, 0.5) is 0 Å². The molecule has 68 heavy (non-hydrogen) atoms. The third-order valence-corrected chi connectivity index (χ3v) is 16.6. The summed E-state index contributed by atoms with van der Waals surface area (Å²) in [6.07, 6.45) is 7.42. The molecular formula is C62H62N6. The van der Waals surface area contributed by atoms with Crippen LogP contribution in [0.25, 0.3) is 77.2 Å². The molecule has 0 saturated carbocycles. The minimum absolute atomic E-state index is 0.424. The number of hydrogen-bond donors (Lipinski definition) is 3. The van der Waals surface area contributed by atoms with Crippen LogP contribution in [0.2, 0.25) is 0 Å². The lowest BCUT2D eigenvalue weighted by atomic mass is 9.81. The molecule has 340 valence electrons. The van der Waals surface area contributed by atoms with Gasteiger partial charge in [-0.2, -0.15) is 0 Å². The van der Waals surface area contributed by atoms with Gasteiger partial charge in [0.05, 0.1) is 39.5 Å². The predicted octanol–water partition coefficient (Wildman–Crippen LogP) is 13.4. The average molecular weight is 891 g/mol. The second kappa shape index (κ2) is 16.7. The molecule has 6 heteroatoms. The largest absolute Gasteiger partial charge is 0.315 e. The fourth-order valence-electron chi connectivity index (χ4n) is 13.3. The van der Waals surface area contributed by atoms with Gasteiger partial charge in [-0.25, -0.2) is 0 Å². The minimum atomic E-state index is 0.424. The number of nitrogens with one attached hydrogen (secondary N) is 3. The second-order valence-electron chi connectivity index (χ2n) is 20.8. The maximum Gasteiger partial charge on any atom is 0.0656 e. The summed E-state index contributed by atoms with van der Waals surface area (Å²) in [6, 6.07) is 52.4. The first kappa shape index (κ1) is 41.8. The van der Waals surface area contributed by atoms with Crippen LogP contribution in [-0.2, 0) is 0 Å². The highest BCUT2D eigenvalue weighted by molar-refractivity contribution is 6.29. The highest BCUT2D eigenvalue weighted by Crippen LogP contribution is 2.45. The van der Waals surface area contributed by atoms with Crippen molar-refractivity contribution in [3.63, 3.8) is 0 Å². The molecule has 0 amide bonds. The first-order valence-electron chi connectivity index (χ1n) is 25.5. The van der Waals surface area contributed by atoms with Crippen molar-refractivity contribution in [2.75, 3.05) is 26.2 Å². The van der Waals surface area contributed by atoms with Crippen LogP contribution >= 0.6 is 0 Å². The van der Waals surface area contributed by atoms with Crippen molar-refractivity contribution in [2.45, 2.75) is 84.3 Å². The number of aliphatic imine (C=N–C) groups is 1. The van der Waals surface area contributed by atoms with Crippen LogP contribution in [0, 0.1) is 39.5 Å². The van der Waals surface area contributed by atoms with Crippen LogP contribution in [0.1, 0.15) is 77.9 Å². The molecule has 9 aromatic rings. The zero-order chi connectivity index (χ0) is 45.6. The molecule has 0 radical (unpaired) electrons. The standard InChI is InChI=1S/C62H62N6/c1-37-31-47(41-13-17-43(18-14-41)51-23-21-45-27-29-63-35-53(45)65-51)32-38(2)61(37)67-55-11-7-5-9-49(55)59-57(67)25-26-58-60(59)50-10-6-8-12-56(50)68(58)62-39(3)33-48(34-40(62)4)42-15-19-44(20-16-42)52-24-22-46-28-30-64-36-54(46)66-52/h5-20,25-26,31-34,45-46,51,53-54,63-65H,21-24,27-30,35-36H2,1-4H3. The number of para-hydroxylation sites is 2. The quantitative estimate of drug-likeness (QED) is 0.156. The molecule has 13 rings (SSSR count). The summed E-state index contributed by atoms with van der Waals surface area (Å²) in [7, 11) is 0. The Labute approximate surface area is 400 Å². The van der Waals surface area contributed by atoms with Gasteiger partial charge < -0.3 is 25.1 Å². The van der Waals surface area contributed by atoms with E-state index in [-0.39, 0.29) is 0 Å². The van der Waals surface area contributed by atoms with E-state index < -0.39 is 0 Å². The lowest BCUT2D eigenvalue weighted by Gasteiger charge is -2.41. The fourth-order valence-corrected chi connectivity index (χ4v) is 13.3. The van der Waals surface area contributed by atoms with Crippen molar-refractivity contribution in [2.24, 2.45) is 16.8 Å². The topological polar surface area (TPSA) is 58.3 Å². The molecule has 3 saturated heterocycles. The van der Waals surface area contributed by atoms with Crippen LogP contribution in [0.3, 0.4) is 0 Å². The van der Waals surface area contributed by atoms with Crippen molar-refractivity contribution in [3.05, 3.63) is 167 Å². The zero-order valence-electron chi connectivity index (χ0n) is 40.0. The Morgan fingerprint density at radius 1 is 0.471 bits per heavy atom. The van der Waals surface area contributed by atoms with Crippen molar-refractivity contribution in [1.82, 2.24) is 25.1 Å². The summed E-state index contributed by atoms with van der Waals surface area (Å²) in [5, 5.41) is 16.3. The molecule has 2 aromatic heterocycles. The Morgan fingerprint density at radius 3 is 1.57 bits per heavy atom. The van der Waals surface area contributed by atoms with E-state index in [0.29, 0.717) is 18.1 Å². The van der Waals surface area contributed by atoms with Crippen LogP contribution < -0.4 is 16.0 Å². The van der Waals surface area contributed by atoms with Crippen LogP contribution in [0.15, 0.2) is 138 Å². The van der Waals surface area contributed by atoms with E-state index in [1.54, 1.807) is 0 Å². The molecule has 0 bridgehead atoms. The molecule has 5 atom stereocenters. The van der Waals surface area contributed by atoms with Gasteiger partial charge in [-0.15, -0.1) is 0 Å². The summed E-state index contributed by atoms with van der Waals surface area (Å²) in [4.78, 5) is 5.24. The lowest BCUT2D eigenvalue weighted by Crippen LogP contribution is -2.52. The third-order valence-electron chi connectivity index (χ3n) is 16.6. The number of rotatable bonds is 6. The number of aryl methyl sites for hydroxylation is 4. The van der Waals surface area contributed by atoms with Crippen molar-refractivity contribution >= 4 is 49.3 Å². The summed E-state index contributed by atoms with van der Waals surface area (Å²) in [5.41, 5.74) is 21.5.